The summed E-state index contributed by atoms with van der Waals surface area (Å²) in [5.41, 5.74) is 0. The maximum Gasteiger partial charge on any atom is 0.119 e. The molecule has 0 saturated heterocycles. The van der Waals surface area contributed by atoms with E-state index >= 15 is 0 Å². The molecule has 0 amide bonds. The summed E-state index contributed by atoms with van der Waals surface area (Å²) < 4.78 is 150. The van der Waals surface area contributed by atoms with Crippen LogP contribution in [0, 0.1) is 0 Å². The highest BCUT2D eigenvalue weighted by atomic mass is 16.6. The fourth-order valence-electron chi connectivity index (χ4n) is 6.63. The molecule has 0 radical (unpaired) electrons. The third-order valence-electron chi connectivity index (χ3n) is 11.1. The third kappa shape index (κ3) is 73.1. The van der Waals surface area contributed by atoms with E-state index in [-0.39, 0.29) is 12.7 Å². The Kier molecular flexibility index (Phi) is 75.3. The van der Waals surface area contributed by atoms with Gasteiger partial charge < -0.3 is 133 Å². The van der Waals surface area contributed by atoms with E-state index in [4.69, 9.17) is 133 Å². The molecule has 1 atom stereocenters. The summed E-state index contributed by atoms with van der Waals surface area (Å²) in [6.07, 6.45) is 1.42. The zero-order valence-electron chi connectivity index (χ0n) is 54.2. The van der Waals surface area contributed by atoms with Crippen molar-refractivity contribution in [2.45, 2.75) is 6.10 Å². The Morgan fingerprint density at radius 3 is 0.667 bits per heavy atom. The lowest BCUT2D eigenvalue weighted by molar-refractivity contribution is -0.0681. The Morgan fingerprint density at radius 1 is 0.244 bits per heavy atom. The summed E-state index contributed by atoms with van der Waals surface area (Å²) in [5, 5.41) is 8.62. The molecule has 0 aromatic heterocycles. The number of benzene rings is 1. The molecule has 90 heavy (non-hydrogen) atoms. The summed E-state index contributed by atoms with van der Waals surface area (Å²) in [4.78, 5) is 0. The molecule has 1 aromatic rings. The Hall–Kier alpha value is -2.32. The van der Waals surface area contributed by atoms with Crippen LogP contribution in [0.1, 0.15) is 0 Å². The van der Waals surface area contributed by atoms with Crippen LogP contribution in [0.15, 0.2) is 43.0 Å². The molecule has 0 aliphatic rings. The largest absolute Gasteiger partial charge is 0.491 e. The van der Waals surface area contributed by atoms with Crippen LogP contribution in [0.2, 0.25) is 0 Å². The quantitative estimate of drug-likeness (QED) is 0.0722. The summed E-state index contributed by atoms with van der Waals surface area (Å²) in [6.45, 7) is 28.0. The second kappa shape index (κ2) is 79.1. The minimum absolute atomic E-state index is 0.0165. The normalized spacial score (nSPS) is 12.0. The number of rotatable bonds is 82. The smallest absolute Gasteiger partial charge is 0.119 e. The Balaban J connectivity index is 1.72. The first-order chi connectivity index (χ1) is 44.9. The van der Waals surface area contributed by atoms with Gasteiger partial charge in [-0.15, -0.1) is 6.58 Å². The standard InChI is InChI=1S/C62H116O28/c1-2-9-64-11-13-66-15-17-68-49-50-85-53-54-87-57-58-89-62(60-90-61-6-4-3-5-7-61)59-88-56-55-86-52-51-84-48-47-83-46-45-82-44-43-81-42-41-80-40-39-79-38-37-78-36-35-77-34-33-76-32-31-75-30-29-74-28-27-73-26-25-72-24-23-71-22-21-70-20-19-69-18-16-67-14-12-65-10-8-63/h2-7,62-63H,1,8-60H2. The summed E-state index contributed by atoms with van der Waals surface area (Å²) in [7, 11) is 0. The fourth-order valence-corrected chi connectivity index (χ4v) is 6.63. The molecule has 0 heterocycles. The number of para-hydroxylation sites is 1. The maximum atomic E-state index is 8.62. The van der Waals surface area contributed by atoms with Gasteiger partial charge in [0.15, 0.2) is 0 Å². The number of aliphatic hydroxyl groups is 1. The van der Waals surface area contributed by atoms with Gasteiger partial charge in [0.05, 0.1) is 344 Å². The molecule has 0 aliphatic carbocycles. The molecule has 1 rings (SSSR count). The number of hydrogen-bond donors (Lipinski definition) is 1. The molecule has 0 aliphatic heterocycles. The summed E-state index contributed by atoms with van der Waals surface area (Å²) in [5.74, 6) is 0.762. The van der Waals surface area contributed by atoms with Crippen molar-refractivity contribution in [3.63, 3.8) is 0 Å². The van der Waals surface area contributed by atoms with Crippen LogP contribution in [0.5, 0.6) is 5.75 Å². The van der Waals surface area contributed by atoms with Gasteiger partial charge >= 0.3 is 0 Å². The minimum atomic E-state index is -0.284. The Labute approximate surface area is 536 Å². The first-order valence-corrected chi connectivity index (χ1v) is 31.8. The fraction of sp³-hybridized carbons (Fsp3) is 0.871. The topological polar surface area (TPSA) is 269 Å². The van der Waals surface area contributed by atoms with E-state index in [1.165, 1.54) is 0 Å². The predicted octanol–water partition coefficient (Wildman–Crippen LogP) is 2.04. The zero-order chi connectivity index (χ0) is 64.0. The van der Waals surface area contributed by atoms with E-state index in [2.05, 4.69) is 6.58 Å². The molecule has 0 bridgehead atoms. The molecule has 0 spiro atoms. The first-order valence-electron chi connectivity index (χ1n) is 31.8. The van der Waals surface area contributed by atoms with Crippen molar-refractivity contribution in [3.05, 3.63) is 43.0 Å². The van der Waals surface area contributed by atoms with Crippen LogP contribution in [0.4, 0.5) is 0 Å². The summed E-state index contributed by atoms with van der Waals surface area (Å²) >= 11 is 0. The molecule has 1 aromatic carbocycles. The van der Waals surface area contributed by atoms with Crippen LogP contribution in [0.25, 0.3) is 0 Å². The van der Waals surface area contributed by atoms with Crippen LogP contribution in [0.3, 0.4) is 0 Å². The second-order valence-corrected chi connectivity index (χ2v) is 18.4. The Morgan fingerprint density at radius 2 is 0.444 bits per heavy atom. The highest BCUT2D eigenvalue weighted by molar-refractivity contribution is 5.20. The van der Waals surface area contributed by atoms with Crippen LogP contribution in [-0.4, -0.2) is 361 Å². The molecule has 1 N–H and O–H groups in total. The minimum Gasteiger partial charge on any atom is -0.491 e. The van der Waals surface area contributed by atoms with Crippen molar-refractivity contribution in [3.8, 4) is 5.75 Å². The van der Waals surface area contributed by atoms with Crippen molar-refractivity contribution in [1.82, 2.24) is 0 Å². The van der Waals surface area contributed by atoms with E-state index < -0.39 is 0 Å². The SMILES string of the molecule is C=CCOCCOCCOCCOCCOCCOC(COCCOCCOCCOCCOCCOCCOCCOCCOCCOCCOCCOCCOCCOCCOCCOCCOCCOCCOCCOCCO)COc1ccccc1. The van der Waals surface area contributed by atoms with Gasteiger partial charge in [-0.2, -0.15) is 0 Å². The van der Waals surface area contributed by atoms with Crippen molar-refractivity contribution in [2.24, 2.45) is 0 Å². The van der Waals surface area contributed by atoms with Crippen LogP contribution in [-0.2, 0) is 123 Å². The van der Waals surface area contributed by atoms with E-state index in [1.54, 1.807) is 6.08 Å². The van der Waals surface area contributed by atoms with Gasteiger partial charge in [-0.05, 0) is 12.1 Å². The second-order valence-electron chi connectivity index (χ2n) is 18.4. The molecule has 0 saturated carbocycles. The van der Waals surface area contributed by atoms with Crippen LogP contribution >= 0.6 is 0 Å². The van der Waals surface area contributed by atoms with Gasteiger partial charge in [-0.1, -0.05) is 24.3 Å². The first kappa shape index (κ1) is 85.7. The van der Waals surface area contributed by atoms with Crippen molar-refractivity contribution in [2.75, 3.05) is 350 Å². The van der Waals surface area contributed by atoms with Gasteiger partial charge in [0.25, 0.3) is 0 Å². The molecule has 1 unspecified atom stereocenters. The van der Waals surface area contributed by atoms with Gasteiger partial charge in [-0.25, -0.2) is 0 Å². The number of ether oxygens (including phenoxy) is 27. The van der Waals surface area contributed by atoms with Crippen LogP contribution < -0.4 is 4.74 Å². The third-order valence-corrected chi connectivity index (χ3v) is 11.1. The van der Waals surface area contributed by atoms with Gasteiger partial charge in [0, 0.05) is 0 Å². The maximum absolute atomic E-state index is 8.62. The lowest BCUT2D eigenvalue weighted by atomic mass is 10.3. The molecular formula is C62H116O28. The predicted molar refractivity (Wildman–Crippen MR) is 329 cm³/mol. The molecule has 28 heteroatoms. The highest BCUT2D eigenvalue weighted by Gasteiger charge is 2.12. The molecule has 532 valence electrons. The molecular weight excluding hydrogens is 1190 g/mol. The van der Waals surface area contributed by atoms with E-state index in [1.807, 2.05) is 30.3 Å². The number of hydrogen-bond acceptors (Lipinski definition) is 28. The molecule has 28 nitrogen and oxygen atoms in total. The van der Waals surface area contributed by atoms with Crippen molar-refractivity contribution in [1.29, 1.82) is 0 Å². The van der Waals surface area contributed by atoms with Gasteiger partial charge in [-0.3, -0.25) is 0 Å². The average molecular weight is 1310 g/mol. The lowest BCUT2D eigenvalue weighted by Crippen LogP contribution is -2.29. The van der Waals surface area contributed by atoms with E-state index in [0.717, 1.165) is 5.75 Å². The Bertz CT molecular complexity index is 1460. The number of aliphatic hydroxyl groups excluding tert-OH is 1. The van der Waals surface area contributed by atoms with Crippen molar-refractivity contribution >= 4 is 0 Å². The zero-order valence-corrected chi connectivity index (χ0v) is 54.2. The lowest BCUT2D eigenvalue weighted by Gasteiger charge is -2.19. The monoisotopic (exact) mass is 1310 g/mol. The highest BCUT2D eigenvalue weighted by Crippen LogP contribution is 2.10. The van der Waals surface area contributed by atoms with Gasteiger partial charge in [0.2, 0.25) is 0 Å². The molecule has 0 fully saturated rings. The van der Waals surface area contributed by atoms with Gasteiger partial charge in [0.1, 0.15) is 18.5 Å². The van der Waals surface area contributed by atoms with E-state index in [9.17, 15) is 0 Å². The van der Waals surface area contributed by atoms with Crippen molar-refractivity contribution < 1.29 is 133 Å². The average Bonchev–Trinajstić information content (AvgIpc) is 3.72. The van der Waals surface area contributed by atoms with E-state index in [0.29, 0.717) is 344 Å². The summed E-state index contributed by atoms with van der Waals surface area (Å²) in [6, 6.07) is 9.59.